The Hall–Kier alpha value is -0.960. The number of halogens is 1. The van der Waals surface area contributed by atoms with E-state index < -0.39 is 16.0 Å². The van der Waals surface area contributed by atoms with E-state index in [4.69, 9.17) is 9.84 Å². The highest BCUT2D eigenvalue weighted by Gasteiger charge is 2.25. The number of aromatic carboxylic acids is 1. The molecule has 1 fully saturated rings. The number of rotatable bonds is 4. The van der Waals surface area contributed by atoms with Crippen LogP contribution in [0, 0.1) is 0 Å². The van der Waals surface area contributed by atoms with E-state index in [1.807, 2.05) is 0 Å². The third-order valence-corrected chi connectivity index (χ3v) is 5.46. The lowest BCUT2D eigenvalue weighted by atomic mass is 10.1. The zero-order valence-electron chi connectivity index (χ0n) is 10.5. The topological polar surface area (TPSA) is 92.7 Å². The molecule has 2 rings (SSSR count). The van der Waals surface area contributed by atoms with Crippen molar-refractivity contribution in [3.63, 3.8) is 0 Å². The largest absolute Gasteiger partial charge is 0.478 e. The molecule has 1 heterocycles. The van der Waals surface area contributed by atoms with Gasteiger partial charge in [0.25, 0.3) is 0 Å². The fourth-order valence-electron chi connectivity index (χ4n) is 1.96. The molecule has 20 heavy (non-hydrogen) atoms. The van der Waals surface area contributed by atoms with E-state index in [1.54, 1.807) is 0 Å². The standard InChI is InChI=1S/C12H14BrNO5S/c13-10-4-3-8(12(15)16)6-11(10)20(17,18)14-9-2-1-5-19-7-9/h3-4,6,9,14H,1-2,5,7H2,(H,15,16). The van der Waals surface area contributed by atoms with E-state index in [0.717, 1.165) is 12.5 Å². The Balaban J connectivity index is 2.28. The summed E-state index contributed by atoms with van der Waals surface area (Å²) in [5.74, 6) is -1.17. The van der Waals surface area contributed by atoms with Crippen molar-refractivity contribution in [2.75, 3.05) is 13.2 Å². The molecule has 1 aliphatic heterocycles. The predicted molar refractivity (Wildman–Crippen MR) is 75.3 cm³/mol. The molecular weight excluding hydrogens is 350 g/mol. The Kier molecular flexibility index (Phi) is 4.79. The molecule has 0 aromatic heterocycles. The molecule has 0 saturated carbocycles. The minimum atomic E-state index is -3.79. The summed E-state index contributed by atoms with van der Waals surface area (Å²) in [6, 6.07) is 3.61. The molecule has 2 N–H and O–H groups in total. The smallest absolute Gasteiger partial charge is 0.335 e. The number of hydrogen-bond acceptors (Lipinski definition) is 4. The number of carbonyl (C=O) groups is 1. The van der Waals surface area contributed by atoms with Crippen molar-refractivity contribution >= 4 is 31.9 Å². The second kappa shape index (κ2) is 6.21. The van der Waals surface area contributed by atoms with Crippen LogP contribution in [-0.4, -0.2) is 38.7 Å². The molecular formula is C12H14BrNO5S. The zero-order chi connectivity index (χ0) is 14.8. The molecule has 1 saturated heterocycles. The first-order valence-corrected chi connectivity index (χ1v) is 8.31. The maximum Gasteiger partial charge on any atom is 0.335 e. The van der Waals surface area contributed by atoms with Gasteiger partial charge in [0, 0.05) is 17.1 Å². The van der Waals surface area contributed by atoms with Gasteiger partial charge in [0.2, 0.25) is 10.0 Å². The van der Waals surface area contributed by atoms with Crippen molar-refractivity contribution in [1.29, 1.82) is 0 Å². The molecule has 1 aromatic rings. The molecule has 8 heteroatoms. The monoisotopic (exact) mass is 363 g/mol. The number of nitrogens with one attached hydrogen (secondary N) is 1. The van der Waals surface area contributed by atoms with Crippen molar-refractivity contribution in [3.05, 3.63) is 28.2 Å². The number of carboxylic acid groups (broad SMARTS) is 1. The molecule has 0 radical (unpaired) electrons. The van der Waals surface area contributed by atoms with Crippen LogP contribution in [0.15, 0.2) is 27.6 Å². The second-order valence-electron chi connectivity index (χ2n) is 4.49. The van der Waals surface area contributed by atoms with Crippen molar-refractivity contribution < 1.29 is 23.1 Å². The lowest BCUT2D eigenvalue weighted by molar-refractivity contribution is 0.0696. The van der Waals surface area contributed by atoms with Gasteiger partial charge in [0.15, 0.2) is 0 Å². The van der Waals surface area contributed by atoms with E-state index in [0.29, 0.717) is 24.1 Å². The third-order valence-electron chi connectivity index (χ3n) is 2.95. The Bertz CT molecular complexity index is 610. The van der Waals surface area contributed by atoms with Gasteiger partial charge < -0.3 is 9.84 Å². The van der Waals surface area contributed by atoms with E-state index in [1.165, 1.54) is 12.1 Å². The average molecular weight is 364 g/mol. The van der Waals surface area contributed by atoms with Crippen molar-refractivity contribution in [2.45, 2.75) is 23.8 Å². The number of hydrogen-bond donors (Lipinski definition) is 2. The van der Waals surface area contributed by atoms with E-state index in [9.17, 15) is 13.2 Å². The van der Waals surface area contributed by atoms with Crippen LogP contribution in [-0.2, 0) is 14.8 Å². The van der Waals surface area contributed by atoms with Crippen molar-refractivity contribution in [2.24, 2.45) is 0 Å². The highest BCUT2D eigenvalue weighted by Crippen LogP contribution is 2.24. The Morgan fingerprint density at radius 3 is 2.80 bits per heavy atom. The van der Waals surface area contributed by atoms with Gasteiger partial charge in [-0.25, -0.2) is 17.9 Å². The summed E-state index contributed by atoms with van der Waals surface area (Å²) in [5, 5.41) is 8.94. The predicted octanol–water partition coefficient (Wildman–Crippen LogP) is 1.60. The minimum Gasteiger partial charge on any atom is -0.478 e. The third kappa shape index (κ3) is 3.57. The number of carboxylic acids is 1. The Labute approximate surface area is 125 Å². The van der Waals surface area contributed by atoms with Gasteiger partial charge in [0.1, 0.15) is 0 Å². The van der Waals surface area contributed by atoms with Crippen LogP contribution in [0.1, 0.15) is 23.2 Å². The molecule has 1 aromatic carbocycles. The Morgan fingerprint density at radius 1 is 1.45 bits per heavy atom. The molecule has 1 atom stereocenters. The summed E-state index contributed by atoms with van der Waals surface area (Å²) >= 11 is 3.14. The quantitative estimate of drug-likeness (QED) is 0.847. The highest BCUT2D eigenvalue weighted by atomic mass is 79.9. The SMILES string of the molecule is O=C(O)c1ccc(Br)c(S(=O)(=O)NC2CCCOC2)c1. The summed E-state index contributed by atoms with van der Waals surface area (Å²) in [6.45, 7) is 0.964. The van der Waals surface area contributed by atoms with Crippen LogP contribution in [0.2, 0.25) is 0 Å². The van der Waals surface area contributed by atoms with E-state index in [2.05, 4.69) is 20.7 Å². The van der Waals surface area contributed by atoms with Gasteiger partial charge in [-0.3, -0.25) is 0 Å². The summed E-state index contributed by atoms with van der Waals surface area (Å²) in [5.41, 5.74) is -0.0755. The average Bonchev–Trinajstić information content (AvgIpc) is 2.39. The molecule has 110 valence electrons. The van der Waals surface area contributed by atoms with E-state index in [-0.39, 0.29) is 16.5 Å². The normalized spacial score (nSPS) is 19.8. The first-order valence-electron chi connectivity index (χ1n) is 6.03. The summed E-state index contributed by atoms with van der Waals surface area (Å²) < 4.78 is 32.7. The maximum atomic E-state index is 12.3. The van der Waals surface area contributed by atoms with Crippen LogP contribution in [0.25, 0.3) is 0 Å². The zero-order valence-corrected chi connectivity index (χ0v) is 12.9. The second-order valence-corrected chi connectivity index (χ2v) is 7.02. The molecule has 6 nitrogen and oxygen atoms in total. The molecule has 0 spiro atoms. The fourth-order valence-corrected chi connectivity index (χ4v) is 4.20. The van der Waals surface area contributed by atoms with Crippen LogP contribution in [0.5, 0.6) is 0 Å². The van der Waals surface area contributed by atoms with E-state index >= 15 is 0 Å². The minimum absolute atomic E-state index is 0.0755. The van der Waals surface area contributed by atoms with Crippen molar-refractivity contribution in [1.82, 2.24) is 4.72 Å². The number of benzene rings is 1. The molecule has 0 bridgehead atoms. The number of sulfonamides is 1. The summed E-state index contributed by atoms with van der Waals surface area (Å²) in [6.07, 6.45) is 1.50. The molecule has 1 unspecified atom stereocenters. The van der Waals surface area contributed by atoms with Crippen LogP contribution in [0.4, 0.5) is 0 Å². The van der Waals surface area contributed by atoms with Gasteiger partial charge in [-0.2, -0.15) is 0 Å². The lowest BCUT2D eigenvalue weighted by Crippen LogP contribution is -2.40. The summed E-state index contributed by atoms with van der Waals surface area (Å²) in [7, 11) is -3.79. The maximum absolute atomic E-state index is 12.3. The van der Waals surface area contributed by atoms with Gasteiger partial charge >= 0.3 is 5.97 Å². The lowest BCUT2D eigenvalue weighted by Gasteiger charge is -2.23. The first kappa shape index (κ1) is 15.4. The van der Waals surface area contributed by atoms with Crippen LogP contribution in [0.3, 0.4) is 0 Å². The van der Waals surface area contributed by atoms with Crippen LogP contribution >= 0.6 is 15.9 Å². The Morgan fingerprint density at radius 2 is 2.20 bits per heavy atom. The van der Waals surface area contributed by atoms with Gasteiger partial charge in [0.05, 0.1) is 17.1 Å². The first-order chi connectivity index (χ1) is 9.40. The molecule has 1 aliphatic rings. The summed E-state index contributed by atoms with van der Waals surface area (Å²) in [4.78, 5) is 10.9. The molecule has 0 amide bonds. The molecule has 0 aliphatic carbocycles. The fraction of sp³-hybridized carbons (Fsp3) is 0.417. The van der Waals surface area contributed by atoms with Gasteiger partial charge in [-0.15, -0.1) is 0 Å². The van der Waals surface area contributed by atoms with Gasteiger partial charge in [-0.1, -0.05) is 0 Å². The van der Waals surface area contributed by atoms with Crippen LogP contribution < -0.4 is 4.72 Å². The number of ether oxygens (including phenoxy) is 1. The van der Waals surface area contributed by atoms with Crippen molar-refractivity contribution in [3.8, 4) is 0 Å². The van der Waals surface area contributed by atoms with Gasteiger partial charge in [-0.05, 0) is 47.0 Å². The highest BCUT2D eigenvalue weighted by molar-refractivity contribution is 9.10.